The zero-order chi connectivity index (χ0) is 22.8. The van der Waals surface area contributed by atoms with Crippen LogP contribution in [0.25, 0.3) is 28.0 Å². The molecule has 1 fully saturated rings. The molecule has 0 radical (unpaired) electrons. The summed E-state index contributed by atoms with van der Waals surface area (Å²) in [6.07, 6.45) is 9.89. The van der Waals surface area contributed by atoms with Crippen LogP contribution in [0.4, 0.5) is 5.82 Å². The number of anilines is 1. The summed E-state index contributed by atoms with van der Waals surface area (Å²) in [6, 6.07) is 12.6. The quantitative estimate of drug-likeness (QED) is 0.361. The second kappa shape index (κ2) is 9.32. The van der Waals surface area contributed by atoms with Gasteiger partial charge in [-0.3, -0.25) is 4.68 Å². The van der Waals surface area contributed by atoms with Gasteiger partial charge in [-0.2, -0.15) is 10.2 Å². The summed E-state index contributed by atoms with van der Waals surface area (Å²) in [5.41, 5.74) is 12.0. The van der Waals surface area contributed by atoms with Gasteiger partial charge in [0.2, 0.25) is 10.9 Å². The number of rotatable bonds is 7. The van der Waals surface area contributed by atoms with Crippen molar-refractivity contribution in [1.29, 1.82) is 0 Å². The largest absolute Gasteiger partial charge is 0.382 e. The summed E-state index contributed by atoms with van der Waals surface area (Å²) in [7, 11) is -2.60. The molecule has 0 amide bonds. The summed E-state index contributed by atoms with van der Waals surface area (Å²) in [5, 5.41) is 9.18. The van der Waals surface area contributed by atoms with Crippen molar-refractivity contribution in [3.63, 3.8) is 0 Å². The number of hydrogen-bond acceptors (Lipinski definition) is 6. The highest BCUT2D eigenvalue weighted by molar-refractivity contribution is 7.70. The molecule has 5 rings (SSSR count). The Hall–Kier alpha value is -3.24. The van der Waals surface area contributed by atoms with Gasteiger partial charge in [-0.15, -0.1) is 0 Å². The minimum atomic E-state index is -2.60. The van der Waals surface area contributed by atoms with Gasteiger partial charge in [0.15, 0.2) is 5.82 Å². The lowest BCUT2D eigenvalue weighted by Crippen LogP contribution is -2.15. The number of thiol groups is 1. The van der Waals surface area contributed by atoms with E-state index >= 15 is 0 Å². The Morgan fingerprint density at radius 3 is 2.73 bits per heavy atom. The van der Waals surface area contributed by atoms with Crippen molar-refractivity contribution in [2.45, 2.75) is 44.6 Å². The third-order valence-corrected chi connectivity index (χ3v) is 6.81. The first-order chi connectivity index (χ1) is 16.1. The smallest absolute Gasteiger partial charge is 0.201 e. The number of nitrogens with two attached hydrogens (primary N) is 1. The number of benzene rings is 1. The SMILES string of the molecule is Nc1ncnn2c(-c3cccc(CCN[SH](=O)=O)c3)cc(-c3ccnn3C3CCCCC3)c12. The Bertz CT molecular complexity index is 1340. The molecule has 3 heterocycles. The molecular weight excluding hydrogens is 438 g/mol. The van der Waals surface area contributed by atoms with E-state index in [-0.39, 0.29) is 0 Å². The van der Waals surface area contributed by atoms with Gasteiger partial charge < -0.3 is 5.73 Å². The van der Waals surface area contributed by atoms with Crippen LogP contribution in [0.15, 0.2) is 48.9 Å². The van der Waals surface area contributed by atoms with Crippen molar-refractivity contribution in [2.24, 2.45) is 0 Å². The standard InChI is InChI=1S/C23H27N7O2S/c24-23-22-19(20-10-11-26-29(20)18-7-2-1-3-8-18)14-21(30(22)27-15-25-23)17-6-4-5-16(13-17)9-12-28-33(31)32/h4-6,10-11,13-15,18,33H,1-3,7-9,12H2,(H2,24,25,27)(H,28,31,32). The van der Waals surface area contributed by atoms with Crippen LogP contribution in [-0.2, 0) is 17.3 Å². The highest BCUT2D eigenvalue weighted by Crippen LogP contribution is 2.37. The number of nitrogens with zero attached hydrogens (tertiary/aromatic N) is 5. The molecule has 3 N–H and O–H groups in total. The Labute approximate surface area is 193 Å². The molecule has 1 aliphatic rings. The first kappa shape index (κ1) is 21.6. The first-order valence-electron chi connectivity index (χ1n) is 11.2. The van der Waals surface area contributed by atoms with Crippen LogP contribution in [0.5, 0.6) is 0 Å². The van der Waals surface area contributed by atoms with Crippen molar-refractivity contribution in [1.82, 2.24) is 29.1 Å². The maximum Gasteiger partial charge on any atom is 0.201 e. The van der Waals surface area contributed by atoms with E-state index in [4.69, 9.17) is 5.73 Å². The van der Waals surface area contributed by atoms with E-state index < -0.39 is 10.9 Å². The normalized spacial score (nSPS) is 14.9. The molecule has 1 saturated carbocycles. The summed E-state index contributed by atoms with van der Waals surface area (Å²) < 4.78 is 28.0. The minimum Gasteiger partial charge on any atom is -0.382 e. The van der Waals surface area contributed by atoms with E-state index in [9.17, 15) is 8.42 Å². The van der Waals surface area contributed by atoms with Crippen molar-refractivity contribution in [3.8, 4) is 22.5 Å². The maximum atomic E-state index is 10.8. The molecule has 0 spiro atoms. The monoisotopic (exact) mass is 465 g/mol. The average Bonchev–Trinajstić information content (AvgIpc) is 3.45. The molecule has 3 aromatic heterocycles. The summed E-state index contributed by atoms with van der Waals surface area (Å²) in [4.78, 5) is 4.25. The van der Waals surface area contributed by atoms with Crippen LogP contribution >= 0.6 is 0 Å². The molecule has 0 bridgehead atoms. The van der Waals surface area contributed by atoms with Gasteiger partial charge in [-0.25, -0.2) is 22.6 Å². The number of fused-ring (bicyclic) bond motifs is 1. The first-order valence-corrected chi connectivity index (χ1v) is 12.4. The van der Waals surface area contributed by atoms with Crippen molar-refractivity contribution >= 4 is 22.2 Å². The van der Waals surface area contributed by atoms with Crippen LogP contribution < -0.4 is 10.5 Å². The highest BCUT2D eigenvalue weighted by Gasteiger charge is 2.23. The zero-order valence-corrected chi connectivity index (χ0v) is 19.1. The molecule has 1 aliphatic carbocycles. The van der Waals surface area contributed by atoms with E-state index in [1.165, 1.54) is 25.6 Å². The van der Waals surface area contributed by atoms with Crippen molar-refractivity contribution < 1.29 is 8.42 Å². The second-order valence-corrected chi connectivity index (χ2v) is 9.25. The predicted octanol–water partition coefficient (Wildman–Crippen LogP) is 3.01. The van der Waals surface area contributed by atoms with Crippen LogP contribution in [0.1, 0.15) is 43.7 Å². The zero-order valence-electron chi connectivity index (χ0n) is 18.2. The molecular formula is C23H27N7O2S. The van der Waals surface area contributed by atoms with Gasteiger partial charge in [-0.1, -0.05) is 37.5 Å². The second-order valence-electron chi connectivity index (χ2n) is 8.42. The highest BCUT2D eigenvalue weighted by atomic mass is 32.2. The van der Waals surface area contributed by atoms with E-state index in [0.29, 0.717) is 24.8 Å². The molecule has 0 atom stereocenters. The molecule has 4 aromatic rings. The Kier molecular flexibility index (Phi) is 6.10. The minimum absolute atomic E-state index is 0.359. The fraction of sp³-hybridized carbons (Fsp3) is 0.348. The Morgan fingerprint density at radius 1 is 1.06 bits per heavy atom. The van der Waals surface area contributed by atoms with Crippen molar-refractivity contribution in [3.05, 3.63) is 54.5 Å². The summed E-state index contributed by atoms with van der Waals surface area (Å²) >= 11 is 0. The number of hydrogen-bond donors (Lipinski definition) is 3. The van der Waals surface area contributed by atoms with Gasteiger partial charge >= 0.3 is 0 Å². The molecule has 10 heteroatoms. The predicted molar refractivity (Wildman–Crippen MR) is 128 cm³/mol. The lowest BCUT2D eigenvalue weighted by molar-refractivity contribution is 0.332. The topological polar surface area (TPSA) is 120 Å². The number of aromatic nitrogens is 5. The lowest BCUT2D eigenvalue weighted by Gasteiger charge is -2.23. The lowest BCUT2D eigenvalue weighted by atomic mass is 9.95. The molecule has 172 valence electrons. The van der Waals surface area contributed by atoms with E-state index in [1.54, 1.807) is 0 Å². The Morgan fingerprint density at radius 2 is 1.91 bits per heavy atom. The summed E-state index contributed by atoms with van der Waals surface area (Å²) in [6.45, 7) is 0.359. The Balaban J connectivity index is 1.58. The summed E-state index contributed by atoms with van der Waals surface area (Å²) in [5.74, 6) is 0.419. The maximum absolute atomic E-state index is 10.8. The molecule has 0 saturated heterocycles. The van der Waals surface area contributed by atoms with E-state index in [1.807, 2.05) is 35.0 Å². The fourth-order valence-corrected chi connectivity index (χ4v) is 5.09. The van der Waals surface area contributed by atoms with E-state index in [0.717, 1.165) is 46.4 Å². The van der Waals surface area contributed by atoms with Gasteiger partial charge in [-0.05, 0) is 43.0 Å². The van der Waals surface area contributed by atoms with Crippen LogP contribution in [-0.4, -0.2) is 39.3 Å². The van der Waals surface area contributed by atoms with Gasteiger partial charge in [0.1, 0.15) is 11.8 Å². The third kappa shape index (κ3) is 4.36. The van der Waals surface area contributed by atoms with Crippen LogP contribution in [0, 0.1) is 0 Å². The molecule has 0 aliphatic heterocycles. The van der Waals surface area contributed by atoms with Gasteiger partial charge in [0.05, 0.1) is 17.4 Å². The van der Waals surface area contributed by atoms with Crippen LogP contribution in [0.3, 0.4) is 0 Å². The average molecular weight is 466 g/mol. The van der Waals surface area contributed by atoms with Crippen molar-refractivity contribution in [2.75, 3.05) is 12.3 Å². The molecule has 1 aromatic carbocycles. The van der Waals surface area contributed by atoms with Gasteiger partial charge in [0.25, 0.3) is 0 Å². The number of nitrogen functional groups attached to an aromatic ring is 1. The molecule has 33 heavy (non-hydrogen) atoms. The molecule has 9 nitrogen and oxygen atoms in total. The van der Waals surface area contributed by atoms with E-state index in [2.05, 4.69) is 36.7 Å². The van der Waals surface area contributed by atoms with Gasteiger partial charge in [0, 0.05) is 23.9 Å². The molecule has 0 unspecified atom stereocenters. The third-order valence-electron chi connectivity index (χ3n) is 6.33. The fourth-order valence-electron chi connectivity index (χ4n) is 4.79. The van der Waals surface area contributed by atoms with Crippen LogP contribution in [0.2, 0.25) is 0 Å². The number of nitrogens with one attached hydrogen (secondary N) is 1.